The fraction of sp³-hybridized carbons (Fsp3) is 0.368. The van der Waals surface area contributed by atoms with E-state index in [-0.39, 0.29) is 0 Å². The van der Waals surface area contributed by atoms with E-state index in [0.717, 1.165) is 29.8 Å². The molecule has 4 nitrogen and oxygen atoms in total. The van der Waals surface area contributed by atoms with Crippen LogP contribution in [0.15, 0.2) is 36.4 Å². The molecule has 4 heteroatoms. The molecule has 0 aliphatic heterocycles. The van der Waals surface area contributed by atoms with E-state index in [1.54, 1.807) is 7.11 Å². The molecular weight excluding hydrogens is 286 g/mol. The monoisotopic (exact) mass is 307 g/mol. The van der Waals surface area contributed by atoms with E-state index < -0.39 is 0 Å². The molecule has 3 rings (SSSR count). The van der Waals surface area contributed by atoms with Crippen molar-refractivity contribution in [1.82, 2.24) is 4.98 Å². The van der Waals surface area contributed by atoms with Gasteiger partial charge in [0.1, 0.15) is 17.6 Å². The van der Waals surface area contributed by atoms with Crippen LogP contribution in [0.4, 0.5) is 5.82 Å². The summed E-state index contributed by atoms with van der Waals surface area (Å²) >= 11 is 0. The molecule has 1 fully saturated rings. The Hall–Kier alpha value is -2.54. The van der Waals surface area contributed by atoms with Gasteiger partial charge in [-0.15, -0.1) is 0 Å². The van der Waals surface area contributed by atoms with Crippen molar-refractivity contribution in [3.8, 4) is 23.1 Å². The van der Waals surface area contributed by atoms with Crippen LogP contribution >= 0.6 is 0 Å². The highest BCUT2D eigenvalue weighted by Gasteiger charge is 2.16. The van der Waals surface area contributed by atoms with Crippen LogP contribution in [-0.4, -0.2) is 18.1 Å². The van der Waals surface area contributed by atoms with Crippen LogP contribution in [0, 0.1) is 11.3 Å². The number of ether oxygens (including phenoxy) is 1. The summed E-state index contributed by atoms with van der Waals surface area (Å²) in [6, 6.07) is 14.2. The van der Waals surface area contributed by atoms with E-state index in [0.29, 0.717) is 17.4 Å². The number of hydrogen-bond donors (Lipinski definition) is 1. The van der Waals surface area contributed by atoms with Crippen LogP contribution in [-0.2, 0) is 0 Å². The average Bonchev–Trinajstić information content (AvgIpc) is 2.62. The largest absolute Gasteiger partial charge is 0.497 e. The van der Waals surface area contributed by atoms with Crippen molar-refractivity contribution in [2.45, 2.75) is 38.1 Å². The predicted molar refractivity (Wildman–Crippen MR) is 91.4 cm³/mol. The van der Waals surface area contributed by atoms with Gasteiger partial charge in [-0.1, -0.05) is 19.3 Å². The highest BCUT2D eigenvalue weighted by Crippen LogP contribution is 2.26. The maximum absolute atomic E-state index is 9.33. The van der Waals surface area contributed by atoms with Crippen LogP contribution in [0.1, 0.15) is 37.7 Å². The zero-order valence-electron chi connectivity index (χ0n) is 13.4. The Balaban J connectivity index is 1.86. The summed E-state index contributed by atoms with van der Waals surface area (Å²) in [7, 11) is 1.65. The Morgan fingerprint density at radius 3 is 2.48 bits per heavy atom. The Bertz CT molecular complexity index is 698. The lowest BCUT2D eigenvalue weighted by atomic mass is 9.95. The quantitative estimate of drug-likeness (QED) is 0.911. The smallest absolute Gasteiger partial charge is 0.144 e. The van der Waals surface area contributed by atoms with Crippen LogP contribution in [0.25, 0.3) is 11.3 Å². The number of rotatable bonds is 4. The molecule has 0 amide bonds. The predicted octanol–water partition coefficient (Wildman–Crippen LogP) is 4.37. The Morgan fingerprint density at radius 2 is 1.83 bits per heavy atom. The third-order valence-electron chi connectivity index (χ3n) is 4.35. The summed E-state index contributed by atoms with van der Waals surface area (Å²) in [5.74, 6) is 1.52. The molecule has 1 heterocycles. The standard InChI is InChI=1S/C19H21N3O/c1-23-17-10-7-14(8-11-17)18-12-9-15(13-20)19(22-18)21-16-5-3-2-4-6-16/h7-12,16H,2-6H2,1H3,(H,21,22). The molecule has 1 aromatic heterocycles. The first-order chi connectivity index (χ1) is 11.3. The number of methoxy groups -OCH3 is 1. The minimum absolute atomic E-state index is 0.425. The number of aromatic nitrogens is 1. The first-order valence-electron chi connectivity index (χ1n) is 8.12. The van der Waals surface area contributed by atoms with Crippen molar-refractivity contribution in [2.24, 2.45) is 0 Å². The molecule has 0 spiro atoms. The highest BCUT2D eigenvalue weighted by molar-refractivity contribution is 5.65. The van der Waals surface area contributed by atoms with E-state index >= 15 is 0 Å². The lowest BCUT2D eigenvalue weighted by Crippen LogP contribution is -2.23. The molecule has 0 atom stereocenters. The van der Waals surface area contributed by atoms with Crippen LogP contribution < -0.4 is 10.1 Å². The van der Waals surface area contributed by atoms with E-state index in [4.69, 9.17) is 4.74 Å². The molecule has 1 saturated carbocycles. The van der Waals surface area contributed by atoms with E-state index in [2.05, 4.69) is 16.4 Å². The number of nitrogens with one attached hydrogen (secondary N) is 1. The van der Waals surface area contributed by atoms with E-state index in [1.165, 1.54) is 19.3 Å². The van der Waals surface area contributed by atoms with Crippen molar-refractivity contribution < 1.29 is 4.74 Å². The Labute approximate surface area is 137 Å². The fourth-order valence-corrected chi connectivity index (χ4v) is 3.02. The summed E-state index contributed by atoms with van der Waals surface area (Å²) < 4.78 is 5.19. The Morgan fingerprint density at radius 1 is 1.09 bits per heavy atom. The van der Waals surface area contributed by atoms with Crippen molar-refractivity contribution in [3.63, 3.8) is 0 Å². The zero-order valence-corrected chi connectivity index (χ0v) is 13.4. The normalized spacial score (nSPS) is 15.0. The van der Waals surface area contributed by atoms with Crippen LogP contribution in [0.2, 0.25) is 0 Å². The second-order valence-electron chi connectivity index (χ2n) is 5.91. The average molecular weight is 307 g/mol. The molecule has 118 valence electrons. The zero-order chi connectivity index (χ0) is 16.1. The van der Waals surface area contributed by atoms with E-state index in [9.17, 15) is 5.26 Å². The van der Waals surface area contributed by atoms with Gasteiger partial charge in [-0.05, 0) is 49.2 Å². The third kappa shape index (κ3) is 3.62. The van der Waals surface area contributed by atoms with Gasteiger partial charge in [-0.2, -0.15) is 5.26 Å². The SMILES string of the molecule is COc1ccc(-c2ccc(C#N)c(NC3CCCCC3)n2)cc1. The highest BCUT2D eigenvalue weighted by atomic mass is 16.5. The topological polar surface area (TPSA) is 57.9 Å². The lowest BCUT2D eigenvalue weighted by Gasteiger charge is -2.24. The summed E-state index contributed by atoms with van der Waals surface area (Å²) in [5.41, 5.74) is 2.49. The molecule has 1 aliphatic carbocycles. The van der Waals surface area contributed by atoms with Crippen molar-refractivity contribution in [3.05, 3.63) is 42.0 Å². The summed E-state index contributed by atoms with van der Waals surface area (Å²) in [6.07, 6.45) is 6.11. The first kappa shape index (κ1) is 15.4. The van der Waals surface area contributed by atoms with Crippen LogP contribution in [0.3, 0.4) is 0 Å². The lowest BCUT2D eigenvalue weighted by molar-refractivity contribution is 0.415. The minimum atomic E-state index is 0.425. The third-order valence-corrected chi connectivity index (χ3v) is 4.35. The number of hydrogen-bond acceptors (Lipinski definition) is 4. The second-order valence-corrected chi connectivity index (χ2v) is 5.91. The number of anilines is 1. The maximum atomic E-state index is 9.33. The van der Waals surface area contributed by atoms with Gasteiger partial charge in [0.15, 0.2) is 0 Å². The second kappa shape index (κ2) is 7.15. The molecule has 1 aromatic carbocycles. The van der Waals surface area contributed by atoms with Gasteiger partial charge in [0, 0.05) is 11.6 Å². The van der Waals surface area contributed by atoms with Gasteiger partial charge in [-0.3, -0.25) is 0 Å². The van der Waals surface area contributed by atoms with Gasteiger partial charge in [0.05, 0.1) is 18.4 Å². The molecule has 1 aliphatic rings. The van der Waals surface area contributed by atoms with Gasteiger partial charge < -0.3 is 10.1 Å². The first-order valence-corrected chi connectivity index (χ1v) is 8.12. The van der Waals surface area contributed by atoms with Crippen molar-refractivity contribution >= 4 is 5.82 Å². The molecule has 0 radical (unpaired) electrons. The fourth-order valence-electron chi connectivity index (χ4n) is 3.02. The van der Waals surface area contributed by atoms with Gasteiger partial charge >= 0.3 is 0 Å². The van der Waals surface area contributed by atoms with Gasteiger partial charge in [0.25, 0.3) is 0 Å². The molecular formula is C19H21N3O. The van der Waals surface area contributed by atoms with Gasteiger partial charge in [0.2, 0.25) is 0 Å². The summed E-state index contributed by atoms with van der Waals surface area (Å²) in [6.45, 7) is 0. The van der Waals surface area contributed by atoms with Crippen LogP contribution in [0.5, 0.6) is 5.75 Å². The number of benzene rings is 1. The number of nitrogens with zero attached hydrogens (tertiary/aromatic N) is 2. The molecule has 0 saturated heterocycles. The van der Waals surface area contributed by atoms with Gasteiger partial charge in [-0.25, -0.2) is 4.98 Å². The van der Waals surface area contributed by atoms with E-state index in [1.807, 2.05) is 36.4 Å². The molecule has 0 unspecified atom stereocenters. The summed E-state index contributed by atoms with van der Waals surface area (Å²) in [5, 5.41) is 12.8. The molecule has 23 heavy (non-hydrogen) atoms. The van der Waals surface area contributed by atoms with Crippen molar-refractivity contribution in [1.29, 1.82) is 5.26 Å². The Kier molecular flexibility index (Phi) is 4.77. The molecule has 2 aromatic rings. The summed E-state index contributed by atoms with van der Waals surface area (Å²) in [4.78, 5) is 4.69. The number of pyridine rings is 1. The molecule has 1 N–H and O–H groups in total. The maximum Gasteiger partial charge on any atom is 0.144 e. The molecule has 0 bridgehead atoms. The minimum Gasteiger partial charge on any atom is -0.497 e. The van der Waals surface area contributed by atoms with Crippen molar-refractivity contribution in [2.75, 3.05) is 12.4 Å². The number of nitriles is 1.